The van der Waals surface area contributed by atoms with Gasteiger partial charge in [-0.2, -0.15) is 0 Å². The first kappa shape index (κ1) is 9.17. The molecule has 0 aliphatic carbocycles. The summed E-state index contributed by atoms with van der Waals surface area (Å²) in [6, 6.07) is 0. The van der Waals surface area contributed by atoms with Crippen molar-refractivity contribution in [2.24, 2.45) is 0 Å². The fourth-order valence-electron chi connectivity index (χ4n) is 0.461. The number of rotatable bonds is 4. The molecule has 0 saturated heterocycles. The molecular weight excluding hydrogens is 130 g/mol. The molecule has 0 rings (SSSR count). The van der Waals surface area contributed by atoms with E-state index in [0.29, 0.717) is 13.0 Å². The summed E-state index contributed by atoms with van der Waals surface area (Å²) < 4.78 is 0. The van der Waals surface area contributed by atoms with E-state index in [1.165, 1.54) is 0 Å². The summed E-state index contributed by atoms with van der Waals surface area (Å²) in [6.45, 7) is 4.04. The minimum absolute atomic E-state index is 0.161. The molecule has 0 spiro atoms. The molecule has 0 heterocycles. The van der Waals surface area contributed by atoms with E-state index >= 15 is 0 Å². The van der Waals surface area contributed by atoms with Crippen molar-refractivity contribution in [3.63, 3.8) is 0 Å². The van der Waals surface area contributed by atoms with E-state index in [0.717, 1.165) is 0 Å². The highest BCUT2D eigenvalue weighted by atomic mass is 16.4. The summed E-state index contributed by atoms with van der Waals surface area (Å²) in [6.07, 6.45) is 0.468. The van der Waals surface area contributed by atoms with Crippen LogP contribution in [0, 0.1) is 0 Å². The van der Waals surface area contributed by atoms with Crippen LogP contribution in [0.3, 0.4) is 0 Å². The molecule has 0 fully saturated rings. The van der Waals surface area contributed by atoms with Crippen LogP contribution in [-0.4, -0.2) is 31.5 Å². The van der Waals surface area contributed by atoms with Gasteiger partial charge in [-0.25, -0.2) is 0 Å². The standard InChI is InChI=1S/C7H13NO2/c1-6(7(9)10)4-5-8(2)3/h1,4-5H2,2-3H3,(H,9,10)/p-1. The van der Waals surface area contributed by atoms with E-state index in [-0.39, 0.29) is 5.57 Å². The molecule has 0 radical (unpaired) electrons. The first-order valence-corrected chi connectivity index (χ1v) is 3.08. The molecule has 0 bridgehead atoms. The first-order valence-electron chi connectivity index (χ1n) is 3.08. The lowest BCUT2D eigenvalue weighted by molar-refractivity contribution is -0.299. The smallest absolute Gasteiger partial charge is 0.0669 e. The van der Waals surface area contributed by atoms with Gasteiger partial charge in [0.25, 0.3) is 0 Å². The van der Waals surface area contributed by atoms with Crippen LogP contribution >= 0.6 is 0 Å². The highest BCUT2D eigenvalue weighted by molar-refractivity contribution is 5.83. The zero-order valence-corrected chi connectivity index (χ0v) is 6.39. The molecule has 0 aromatic rings. The third-order valence-electron chi connectivity index (χ3n) is 1.15. The van der Waals surface area contributed by atoms with Crippen molar-refractivity contribution in [3.05, 3.63) is 12.2 Å². The molecular formula is C7H12NO2-. The molecule has 58 valence electrons. The second-order valence-electron chi connectivity index (χ2n) is 2.44. The molecule has 0 atom stereocenters. The number of carbonyl (C=O) groups is 1. The average Bonchev–Trinajstić information content (AvgIpc) is 1.82. The minimum atomic E-state index is -1.15. The molecule has 0 saturated carbocycles. The molecule has 0 aliphatic heterocycles. The maximum Gasteiger partial charge on any atom is 0.0669 e. The zero-order valence-electron chi connectivity index (χ0n) is 6.39. The summed E-state index contributed by atoms with van der Waals surface area (Å²) in [5.74, 6) is -1.15. The van der Waals surface area contributed by atoms with E-state index in [4.69, 9.17) is 0 Å². The van der Waals surface area contributed by atoms with Crippen molar-refractivity contribution in [1.82, 2.24) is 4.90 Å². The van der Waals surface area contributed by atoms with Gasteiger partial charge >= 0.3 is 0 Å². The Bertz CT molecular complexity index is 141. The fraction of sp³-hybridized carbons (Fsp3) is 0.571. The number of carbonyl (C=O) groups excluding carboxylic acids is 1. The summed E-state index contributed by atoms with van der Waals surface area (Å²) >= 11 is 0. The molecule has 0 aromatic heterocycles. The van der Waals surface area contributed by atoms with Gasteiger partial charge in [-0.3, -0.25) is 0 Å². The Morgan fingerprint density at radius 2 is 2.10 bits per heavy atom. The quantitative estimate of drug-likeness (QED) is 0.485. The maximum absolute atomic E-state index is 10.1. The summed E-state index contributed by atoms with van der Waals surface area (Å²) in [7, 11) is 3.76. The number of hydrogen-bond donors (Lipinski definition) is 0. The van der Waals surface area contributed by atoms with E-state index < -0.39 is 5.97 Å². The number of nitrogens with zero attached hydrogens (tertiary/aromatic N) is 1. The number of hydrogen-bond acceptors (Lipinski definition) is 3. The van der Waals surface area contributed by atoms with Crippen molar-refractivity contribution in [1.29, 1.82) is 0 Å². The average molecular weight is 142 g/mol. The van der Waals surface area contributed by atoms with Crippen LogP contribution in [0.25, 0.3) is 0 Å². The van der Waals surface area contributed by atoms with Gasteiger partial charge < -0.3 is 14.8 Å². The van der Waals surface area contributed by atoms with Gasteiger partial charge in [0.1, 0.15) is 0 Å². The molecule has 3 nitrogen and oxygen atoms in total. The van der Waals surface area contributed by atoms with Crippen LogP contribution in [-0.2, 0) is 4.79 Å². The van der Waals surface area contributed by atoms with Gasteiger partial charge in [-0.1, -0.05) is 6.58 Å². The topological polar surface area (TPSA) is 43.4 Å². The largest absolute Gasteiger partial charge is 0.545 e. The van der Waals surface area contributed by atoms with Crippen molar-refractivity contribution < 1.29 is 9.90 Å². The Balaban J connectivity index is 3.50. The maximum atomic E-state index is 10.1. The van der Waals surface area contributed by atoms with Crippen LogP contribution in [0.1, 0.15) is 6.42 Å². The van der Waals surface area contributed by atoms with E-state index in [1.54, 1.807) is 0 Å². The Morgan fingerprint density at radius 1 is 1.60 bits per heavy atom. The summed E-state index contributed by atoms with van der Waals surface area (Å²) in [5, 5.41) is 10.1. The van der Waals surface area contributed by atoms with Crippen molar-refractivity contribution in [2.75, 3.05) is 20.6 Å². The van der Waals surface area contributed by atoms with Crippen LogP contribution in [0.15, 0.2) is 12.2 Å². The molecule has 10 heavy (non-hydrogen) atoms. The van der Waals surface area contributed by atoms with Crippen molar-refractivity contribution >= 4 is 5.97 Å². The predicted molar refractivity (Wildman–Crippen MR) is 37.3 cm³/mol. The Labute approximate surface area is 61.0 Å². The lowest BCUT2D eigenvalue weighted by atomic mass is 10.2. The second kappa shape index (κ2) is 4.06. The normalized spacial score (nSPS) is 9.90. The fourth-order valence-corrected chi connectivity index (χ4v) is 0.461. The van der Waals surface area contributed by atoms with Crippen LogP contribution in [0.2, 0.25) is 0 Å². The molecule has 0 unspecified atom stereocenters. The third-order valence-corrected chi connectivity index (χ3v) is 1.15. The van der Waals surface area contributed by atoms with Gasteiger partial charge in [-0.05, 0) is 26.1 Å². The number of carboxylic acids is 1. The van der Waals surface area contributed by atoms with Gasteiger partial charge in [0.15, 0.2) is 0 Å². The van der Waals surface area contributed by atoms with Gasteiger partial charge in [0.2, 0.25) is 0 Å². The van der Waals surface area contributed by atoms with Crippen LogP contribution in [0.5, 0.6) is 0 Å². The zero-order chi connectivity index (χ0) is 8.15. The SMILES string of the molecule is C=C(CCN(C)C)C(=O)[O-]. The highest BCUT2D eigenvalue weighted by Crippen LogP contribution is 1.95. The Hall–Kier alpha value is -0.830. The summed E-state index contributed by atoms with van der Waals surface area (Å²) in [5.41, 5.74) is 0.161. The predicted octanol–water partition coefficient (Wildman–Crippen LogP) is -0.756. The van der Waals surface area contributed by atoms with E-state index in [1.807, 2.05) is 19.0 Å². The highest BCUT2D eigenvalue weighted by Gasteiger charge is 1.95. The molecule has 0 aliphatic rings. The molecule has 0 N–H and O–H groups in total. The summed E-state index contributed by atoms with van der Waals surface area (Å²) in [4.78, 5) is 12.0. The Kier molecular flexibility index (Phi) is 3.72. The lowest BCUT2D eigenvalue weighted by Gasteiger charge is -2.10. The first-order chi connectivity index (χ1) is 4.54. The van der Waals surface area contributed by atoms with Gasteiger partial charge in [0, 0.05) is 6.54 Å². The number of carboxylic acid groups (broad SMARTS) is 1. The van der Waals surface area contributed by atoms with E-state index in [2.05, 4.69) is 6.58 Å². The molecule has 3 heteroatoms. The monoisotopic (exact) mass is 142 g/mol. The molecule has 0 aromatic carbocycles. The van der Waals surface area contributed by atoms with E-state index in [9.17, 15) is 9.90 Å². The van der Waals surface area contributed by atoms with Gasteiger partial charge in [0.05, 0.1) is 5.97 Å². The van der Waals surface area contributed by atoms with Gasteiger partial charge in [-0.15, -0.1) is 0 Å². The van der Waals surface area contributed by atoms with Crippen molar-refractivity contribution in [2.45, 2.75) is 6.42 Å². The lowest BCUT2D eigenvalue weighted by Crippen LogP contribution is -2.26. The third kappa shape index (κ3) is 4.09. The number of aliphatic carboxylic acids is 1. The Morgan fingerprint density at radius 3 is 2.40 bits per heavy atom. The van der Waals surface area contributed by atoms with Crippen molar-refractivity contribution in [3.8, 4) is 0 Å². The second-order valence-corrected chi connectivity index (χ2v) is 2.44. The minimum Gasteiger partial charge on any atom is -0.545 e. The van der Waals surface area contributed by atoms with Crippen LogP contribution in [0.4, 0.5) is 0 Å². The molecule has 0 amide bonds. The van der Waals surface area contributed by atoms with Crippen LogP contribution < -0.4 is 5.11 Å².